The SMILES string of the molecule is CC(C)c1nc2cnc(I)cc2n1I. The van der Waals surface area contributed by atoms with Crippen molar-refractivity contribution < 1.29 is 0 Å². The number of rotatable bonds is 1. The summed E-state index contributed by atoms with van der Waals surface area (Å²) in [6.07, 6.45) is 1.83. The second-order valence-electron chi connectivity index (χ2n) is 3.40. The van der Waals surface area contributed by atoms with E-state index in [4.69, 9.17) is 0 Å². The number of imidazole rings is 1. The van der Waals surface area contributed by atoms with Crippen LogP contribution in [0.25, 0.3) is 11.0 Å². The molecule has 0 fully saturated rings. The maximum Gasteiger partial charge on any atom is 0.121 e. The van der Waals surface area contributed by atoms with Crippen molar-refractivity contribution in [2.75, 3.05) is 0 Å². The van der Waals surface area contributed by atoms with Crippen molar-refractivity contribution in [1.29, 1.82) is 0 Å². The van der Waals surface area contributed by atoms with Gasteiger partial charge in [-0.1, -0.05) is 13.8 Å². The number of fused-ring (bicyclic) bond motifs is 1. The van der Waals surface area contributed by atoms with Gasteiger partial charge in [0.25, 0.3) is 0 Å². The van der Waals surface area contributed by atoms with Crippen LogP contribution >= 0.6 is 45.5 Å². The molecule has 2 heterocycles. The summed E-state index contributed by atoms with van der Waals surface area (Å²) in [4.78, 5) is 8.77. The Bertz CT molecular complexity index is 476. The zero-order chi connectivity index (χ0) is 10.3. The quantitative estimate of drug-likeness (QED) is 0.531. The highest BCUT2D eigenvalue weighted by Crippen LogP contribution is 2.24. The summed E-state index contributed by atoms with van der Waals surface area (Å²) in [5.41, 5.74) is 2.12. The molecule has 0 saturated heterocycles. The predicted molar refractivity (Wildman–Crippen MR) is 73.8 cm³/mol. The largest absolute Gasteiger partial charge is 0.268 e. The van der Waals surface area contributed by atoms with Crippen LogP contribution in [0.4, 0.5) is 0 Å². The van der Waals surface area contributed by atoms with Gasteiger partial charge in [-0.25, -0.2) is 9.97 Å². The molecule has 0 aromatic carbocycles. The summed E-state index contributed by atoms with van der Waals surface area (Å²) < 4.78 is 3.12. The lowest BCUT2D eigenvalue weighted by Gasteiger charge is -2.02. The third-order valence-corrected chi connectivity index (χ3v) is 3.60. The number of pyridine rings is 1. The van der Waals surface area contributed by atoms with Crippen LogP contribution in [0, 0.1) is 3.70 Å². The molecule has 2 rings (SSSR count). The van der Waals surface area contributed by atoms with E-state index in [1.54, 1.807) is 0 Å². The van der Waals surface area contributed by atoms with E-state index in [-0.39, 0.29) is 0 Å². The molecule has 0 bridgehead atoms. The number of aromatic nitrogens is 3. The predicted octanol–water partition coefficient (Wildman–Crippen LogP) is 3.36. The van der Waals surface area contributed by atoms with E-state index in [1.807, 2.05) is 6.20 Å². The van der Waals surface area contributed by atoms with E-state index >= 15 is 0 Å². The summed E-state index contributed by atoms with van der Waals surface area (Å²) >= 11 is 4.50. The van der Waals surface area contributed by atoms with Gasteiger partial charge in [0.05, 0.1) is 34.6 Å². The molecular weight excluding hydrogens is 404 g/mol. The molecule has 0 amide bonds. The van der Waals surface area contributed by atoms with Gasteiger partial charge in [0.2, 0.25) is 0 Å². The van der Waals surface area contributed by atoms with Gasteiger partial charge >= 0.3 is 0 Å². The Hall–Kier alpha value is 0.0800. The molecule has 74 valence electrons. The van der Waals surface area contributed by atoms with E-state index in [0.29, 0.717) is 5.92 Å². The molecule has 2 aromatic heterocycles. The first-order valence-electron chi connectivity index (χ1n) is 4.29. The van der Waals surface area contributed by atoms with Crippen molar-refractivity contribution in [3.63, 3.8) is 0 Å². The first kappa shape index (κ1) is 10.6. The molecule has 0 N–H and O–H groups in total. The van der Waals surface area contributed by atoms with E-state index in [9.17, 15) is 0 Å². The zero-order valence-corrected chi connectivity index (χ0v) is 12.1. The van der Waals surface area contributed by atoms with Crippen LogP contribution in [0.5, 0.6) is 0 Å². The van der Waals surface area contributed by atoms with Gasteiger partial charge in [-0.05, 0) is 28.7 Å². The fourth-order valence-corrected chi connectivity index (χ4v) is 2.79. The van der Waals surface area contributed by atoms with Crippen molar-refractivity contribution in [2.45, 2.75) is 19.8 Å². The molecule has 0 radical (unpaired) electrons. The van der Waals surface area contributed by atoms with Crippen molar-refractivity contribution in [1.82, 2.24) is 12.7 Å². The average Bonchev–Trinajstić information content (AvgIpc) is 2.44. The summed E-state index contributed by atoms with van der Waals surface area (Å²) in [5.74, 6) is 1.54. The molecule has 0 aliphatic heterocycles. The number of nitrogens with zero attached hydrogens (tertiary/aromatic N) is 3. The lowest BCUT2D eigenvalue weighted by molar-refractivity contribution is 0.793. The van der Waals surface area contributed by atoms with Gasteiger partial charge in [-0.3, -0.25) is 2.78 Å². The maximum atomic E-state index is 4.54. The van der Waals surface area contributed by atoms with Gasteiger partial charge in [-0.2, -0.15) is 0 Å². The van der Waals surface area contributed by atoms with Gasteiger partial charge in [0, 0.05) is 5.92 Å². The smallest absolute Gasteiger partial charge is 0.121 e. The highest BCUT2D eigenvalue weighted by Gasteiger charge is 2.12. The topological polar surface area (TPSA) is 30.7 Å². The Morgan fingerprint density at radius 3 is 2.79 bits per heavy atom. The first-order valence-corrected chi connectivity index (χ1v) is 6.34. The third-order valence-electron chi connectivity index (χ3n) is 1.99. The van der Waals surface area contributed by atoms with Gasteiger partial charge in [0.1, 0.15) is 15.0 Å². The lowest BCUT2D eigenvalue weighted by Crippen LogP contribution is -1.94. The minimum atomic E-state index is 0.442. The standard InChI is InChI=1S/C9H9I2N3/c1-5(2)9-13-6-4-12-8(10)3-7(6)14(9)11/h3-5H,1-2H3. The molecule has 0 saturated carbocycles. The van der Waals surface area contributed by atoms with Crippen LogP contribution < -0.4 is 0 Å². The molecule has 0 spiro atoms. The highest BCUT2D eigenvalue weighted by molar-refractivity contribution is 14.1. The van der Waals surface area contributed by atoms with E-state index in [0.717, 1.165) is 20.6 Å². The van der Waals surface area contributed by atoms with Crippen LogP contribution in [0.3, 0.4) is 0 Å². The minimum Gasteiger partial charge on any atom is -0.268 e. The Morgan fingerprint density at radius 2 is 2.14 bits per heavy atom. The van der Waals surface area contributed by atoms with Crippen molar-refractivity contribution in [3.8, 4) is 0 Å². The molecular formula is C9H9I2N3. The number of halogens is 2. The van der Waals surface area contributed by atoms with E-state index in [2.05, 4.69) is 78.1 Å². The Labute approximate surface area is 110 Å². The van der Waals surface area contributed by atoms with Crippen LogP contribution in [0.1, 0.15) is 25.6 Å². The second kappa shape index (κ2) is 3.92. The first-order chi connectivity index (χ1) is 6.59. The monoisotopic (exact) mass is 413 g/mol. The summed E-state index contributed by atoms with van der Waals surface area (Å²) in [7, 11) is 0. The van der Waals surface area contributed by atoms with E-state index in [1.165, 1.54) is 0 Å². The van der Waals surface area contributed by atoms with Gasteiger partial charge in [-0.15, -0.1) is 0 Å². The molecule has 0 aliphatic carbocycles. The summed E-state index contributed by atoms with van der Waals surface area (Å²) in [5, 5.41) is 0. The molecule has 2 aromatic rings. The minimum absolute atomic E-state index is 0.442. The van der Waals surface area contributed by atoms with Crippen molar-refractivity contribution in [2.24, 2.45) is 0 Å². The van der Waals surface area contributed by atoms with Crippen molar-refractivity contribution >= 4 is 56.5 Å². The number of hydrogen-bond acceptors (Lipinski definition) is 2. The molecule has 14 heavy (non-hydrogen) atoms. The molecule has 0 aliphatic rings. The van der Waals surface area contributed by atoms with E-state index < -0.39 is 0 Å². The van der Waals surface area contributed by atoms with Crippen LogP contribution in [-0.2, 0) is 0 Å². The molecule has 5 heteroatoms. The summed E-state index contributed by atoms with van der Waals surface area (Å²) in [6, 6.07) is 2.06. The highest BCUT2D eigenvalue weighted by atomic mass is 127. The lowest BCUT2D eigenvalue weighted by atomic mass is 10.2. The summed E-state index contributed by atoms with van der Waals surface area (Å²) in [6.45, 7) is 4.30. The van der Waals surface area contributed by atoms with Crippen LogP contribution in [0.15, 0.2) is 12.3 Å². The average molecular weight is 413 g/mol. The number of hydrogen-bond donors (Lipinski definition) is 0. The normalized spacial score (nSPS) is 11.5. The van der Waals surface area contributed by atoms with Crippen LogP contribution in [0.2, 0.25) is 0 Å². The third kappa shape index (κ3) is 1.75. The molecule has 3 nitrogen and oxygen atoms in total. The molecule has 0 atom stereocenters. The Balaban J connectivity index is 2.74. The molecule has 0 unspecified atom stereocenters. The maximum absolute atomic E-state index is 4.54. The Kier molecular flexibility index (Phi) is 2.96. The Morgan fingerprint density at radius 1 is 1.43 bits per heavy atom. The van der Waals surface area contributed by atoms with Crippen LogP contribution in [-0.4, -0.2) is 12.7 Å². The second-order valence-corrected chi connectivity index (χ2v) is 5.47. The van der Waals surface area contributed by atoms with Gasteiger partial charge in [0.15, 0.2) is 0 Å². The van der Waals surface area contributed by atoms with Gasteiger partial charge < -0.3 is 0 Å². The zero-order valence-electron chi connectivity index (χ0n) is 7.83. The van der Waals surface area contributed by atoms with Crippen molar-refractivity contribution in [3.05, 3.63) is 21.8 Å². The fourth-order valence-electron chi connectivity index (χ4n) is 1.30. The fraction of sp³-hybridized carbons (Fsp3) is 0.333.